The number of hydrogen-bond donors (Lipinski definition) is 1. The molecule has 0 saturated carbocycles. The van der Waals surface area contributed by atoms with Crippen molar-refractivity contribution in [2.24, 2.45) is 0 Å². The Bertz CT molecular complexity index is 1010. The summed E-state index contributed by atoms with van der Waals surface area (Å²) in [6.07, 6.45) is 2.25. The van der Waals surface area contributed by atoms with Gasteiger partial charge in [-0.05, 0) is 75.5 Å². The normalized spacial score (nSPS) is 16.7. The quantitative estimate of drug-likeness (QED) is 0.531. The van der Waals surface area contributed by atoms with Crippen LogP contribution in [0.2, 0.25) is 0 Å². The number of benzene rings is 1. The third-order valence-electron chi connectivity index (χ3n) is 5.74. The molecule has 1 amide bonds. The first kappa shape index (κ1) is 22.1. The van der Waals surface area contributed by atoms with Gasteiger partial charge in [-0.2, -0.15) is 0 Å². The van der Waals surface area contributed by atoms with Crippen LogP contribution in [0.15, 0.2) is 33.5 Å². The number of ether oxygens (including phenoxy) is 1. The Balaban J connectivity index is 1.83. The number of carbonyl (C=O) groups is 1. The van der Waals surface area contributed by atoms with E-state index >= 15 is 0 Å². The fourth-order valence-electron chi connectivity index (χ4n) is 4.15. The monoisotopic (exact) mass is 412 g/mol. The standard InChI is InChI=1S/C24H32N2O4/c1-6-26-9-7-8-18(26)13-25-22(27)12-19-17(5)23-20(29-14-15(2)3)10-16(4)11-21(23)30-24(19)28/h10-11,18H,2,6-9,12-14H2,1,3-5H3,(H,25,27)/t18-/m1/s1. The van der Waals surface area contributed by atoms with Gasteiger partial charge < -0.3 is 14.5 Å². The summed E-state index contributed by atoms with van der Waals surface area (Å²) >= 11 is 0. The van der Waals surface area contributed by atoms with E-state index < -0.39 is 5.63 Å². The van der Waals surface area contributed by atoms with E-state index in [2.05, 4.69) is 23.7 Å². The molecule has 6 heteroatoms. The second-order valence-corrected chi connectivity index (χ2v) is 8.28. The van der Waals surface area contributed by atoms with Gasteiger partial charge in [-0.1, -0.05) is 13.5 Å². The van der Waals surface area contributed by atoms with Gasteiger partial charge >= 0.3 is 5.63 Å². The molecule has 6 nitrogen and oxygen atoms in total. The smallest absolute Gasteiger partial charge is 0.340 e. The van der Waals surface area contributed by atoms with Crippen molar-refractivity contribution >= 4 is 16.9 Å². The number of nitrogens with one attached hydrogen (secondary N) is 1. The van der Waals surface area contributed by atoms with Crippen molar-refractivity contribution in [2.45, 2.75) is 53.0 Å². The number of amides is 1. The molecule has 0 unspecified atom stereocenters. The fraction of sp³-hybridized carbons (Fsp3) is 0.500. The highest BCUT2D eigenvalue weighted by Crippen LogP contribution is 2.31. The molecule has 1 aromatic heterocycles. The minimum absolute atomic E-state index is 0.00322. The summed E-state index contributed by atoms with van der Waals surface area (Å²) in [7, 11) is 0. The largest absolute Gasteiger partial charge is 0.488 e. The lowest BCUT2D eigenvalue weighted by atomic mass is 10.0. The Morgan fingerprint density at radius 2 is 2.13 bits per heavy atom. The van der Waals surface area contributed by atoms with Gasteiger partial charge in [0.1, 0.15) is 17.9 Å². The molecule has 1 atom stereocenters. The van der Waals surface area contributed by atoms with Crippen LogP contribution in [0.25, 0.3) is 11.0 Å². The van der Waals surface area contributed by atoms with Crippen LogP contribution in [0.1, 0.15) is 43.4 Å². The summed E-state index contributed by atoms with van der Waals surface area (Å²) in [5.41, 5.74) is 2.94. The molecule has 1 N–H and O–H groups in total. The summed E-state index contributed by atoms with van der Waals surface area (Å²) in [4.78, 5) is 27.6. The molecule has 1 aromatic carbocycles. The molecule has 2 aromatic rings. The van der Waals surface area contributed by atoms with Crippen molar-refractivity contribution in [1.82, 2.24) is 10.2 Å². The van der Waals surface area contributed by atoms with E-state index in [4.69, 9.17) is 9.15 Å². The third-order valence-corrected chi connectivity index (χ3v) is 5.74. The summed E-state index contributed by atoms with van der Waals surface area (Å²) in [5.74, 6) is 0.477. The summed E-state index contributed by atoms with van der Waals surface area (Å²) < 4.78 is 11.5. The molecule has 0 bridgehead atoms. The number of fused-ring (bicyclic) bond motifs is 1. The Hall–Kier alpha value is -2.60. The fourth-order valence-corrected chi connectivity index (χ4v) is 4.15. The first-order valence-electron chi connectivity index (χ1n) is 10.6. The number of aryl methyl sites for hydroxylation is 2. The number of nitrogens with zero attached hydrogens (tertiary/aromatic N) is 1. The van der Waals surface area contributed by atoms with Crippen LogP contribution < -0.4 is 15.7 Å². The molecule has 1 fully saturated rings. The van der Waals surface area contributed by atoms with Crippen molar-refractivity contribution in [1.29, 1.82) is 0 Å². The molecule has 0 aliphatic carbocycles. The predicted molar refractivity (Wildman–Crippen MR) is 119 cm³/mol. The van der Waals surface area contributed by atoms with Crippen LogP contribution in [-0.4, -0.2) is 43.1 Å². The van der Waals surface area contributed by atoms with Crippen LogP contribution in [0.4, 0.5) is 0 Å². The van der Waals surface area contributed by atoms with E-state index in [9.17, 15) is 9.59 Å². The van der Waals surface area contributed by atoms with Gasteiger partial charge in [0.2, 0.25) is 5.91 Å². The molecule has 1 aliphatic heterocycles. The number of carbonyl (C=O) groups excluding carboxylic acids is 1. The maximum Gasteiger partial charge on any atom is 0.340 e. The van der Waals surface area contributed by atoms with Gasteiger partial charge in [0.15, 0.2) is 0 Å². The zero-order chi connectivity index (χ0) is 21.8. The maximum atomic E-state index is 12.6. The molecular weight excluding hydrogens is 380 g/mol. The molecule has 0 spiro atoms. The Morgan fingerprint density at radius 1 is 1.37 bits per heavy atom. The summed E-state index contributed by atoms with van der Waals surface area (Å²) in [5, 5.41) is 3.73. The highest BCUT2D eigenvalue weighted by Gasteiger charge is 2.24. The van der Waals surface area contributed by atoms with Crippen LogP contribution in [0.5, 0.6) is 5.75 Å². The molecule has 0 radical (unpaired) electrons. The molecule has 2 heterocycles. The summed E-state index contributed by atoms with van der Waals surface area (Å²) in [6.45, 7) is 14.7. The molecule has 162 valence electrons. The van der Waals surface area contributed by atoms with Gasteiger partial charge in [0.25, 0.3) is 0 Å². The lowest BCUT2D eigenvalue weighted by Crippen LogP contribution is -2.40. The average molecular weight is 413 g/mol. The van der Waals surface area contributed by atoms with Crippen molar-refractivity contribution < 1.29 is 13.9 Å². The highest BCUT2D eigenvalue weighted by molar-refractivity contribution is 5.89. The van der Waals surface area contributed by atoms with Gasteiger partial charge in [-0.15, -0.1) is 0 Å². The predicted octanol–water partition coefficient (Wildman–Crippen LogP) is 3.51. The van der Waals surface area contributed by atoms with Crippen LogP contribution in [0.3, 0.4) is 0 Å². The van der Waals surface area contributed by atoms with Crippen LogP contribution >= 0.6 is 0 Å². The van der Waals surface area contributed by atoms with E-state index in [1.54, 1.807) is 0 Å². The highest BCUT2D eigenvalue weighted by atomic mass is 16.5. The van der Waals surface area contributed by atoms with Crippen molar-refractivity contribution in [3.8, 4) is 5.75 Å². The van der Waals surface area contributed by atoms with Crippen LogP contribution in [0, 0.1) is 13.8 Å². The number of likely N-dealkylation sites (N-methyl/N-ethyl adjacent to an activating group) is 1. The lowest BCUT2D eigenvalue weighted by molar-refractivity contribution is -0.120. The van der Waals surface area contributed by atoms with Gasteiger partial charge in [0.05, 0.1) is 17.4 Å². The average Bonchev–Trinajstić information content (AvgIpc) is 3.14. The lowest BCUT2D eigenvalue weighted by Gasteiger charge is -2.22. The second kappa shape index (κ2) is 9.47. The van der Waals surface area contributed by atoms with Crippen molar-refractivity contribution in [3.63, 3.8) is 0 Å². The SMILES string of the molecule is C=C(C)COc1cc(C)cc2oc(=O)c(CC(=O)NC[C@H]3CCCN3CC)c(C)c12. The van der Waals surface area contributed by atoms with Gasteiger partial charge in [0, 0.05) is 12.6 Å². The zero-order valence-corrected chi connectivity index (χ0v) is 18.5. The minimum atomic E-state index is -0.470. The van der Waals surface area contributed by atoms with E-state index in [-0.39, 0.29) is 12.3 Å². The maximum absolute atomic E-state index is 12.6. The van der Waals surface area contributed by atoms with Crippen LogP contribution in [-0.2, 0) is 11.2 Å². The zero-order valence-electron chi connectivity index (χ0n) is 18.5. The van der Waals surface area contributed by atoms with Gasteiger partial charge in [-0.25, -0.2) is 4.79 Å². The Morgan fingerprint density at radius 3 is 2.83 bits per heavy atom. The first-order valence-corrected chi connectivity index (χ1v) is 10.6. The van der Waals surface area contributed by atoms with E-state index in [1.807, 2.05) is 32.9 Å². The second-order valence-electron chi connectivity index (χ2n) is 8.28. The Labute approximate surface area is 177 Å². The molecule has 3 rings (SSSR count). The molecule has 1 aliphatic rings. The van der Waals surface area contributed by atoms with E-state index in [1.165, 1.54) is 0 Å². The van der Waals surface area contributed by atoms with Crippen molar-refractivity contribution in [3.05, 3.63) is 51.4 Å². The first-order chi connectivity index (χ1) is 14.3. The minimum Gasteiger partial charge on any atom is -0.488 e. The molecular formula is C24H32N2O4. The van der Waals surface area contributed by atoms with E-state index in [0.717, 1.165) is 48.0 Å². The van der Waals surface area contributed by atoms with Crippen molar-refractivity contribution in [2.75, 3.05) is 26.2 Å². The molecule has 1 saturated heterocycles. The third kappa shape index (κ3) is 4.93. The summed E-state index contributed by atoms with van der Waals surface area (Å²) in [6, 6.07) is 4.11. The van der Waals surface area contributed by atoms with Gasteiger partial charge in [-0.3, -0.25) is 9.69 Å². The van der Waals surface area contributed by atoms with E-state index in [0.29, 0.717) is 36.1 Å². The topological polar surface area (TPSA) is 71.8 Å². The number of likely N-dealkylation sites (tertiary alicyclic amines) is 1. The Kier molecular flexibility index (Phi) is 6.98. The number of hydrogen-bond acceptors (Lipinski definition) is 5. The number of rotatable bonds is 8. The molecule has 30 heavy (non-hydrogen) atoms.